The maximum atomic E-state index is 11.9. The first-order chi connectivity index (χ1) is 17.8. The predicted molar refractivity (Wildman–Crippen MR) is 135 cm³/mol. The molecule has 37 heavy (non-hydrogen) atoms. The second kappa shape index (κ2) is 9.85. The monoisotopic (exact) mass is 532 g/mol. The summed E-state index contributed by atoms with van der Waals surface area (Å²) in [5.74, 6) is 7.16. The van der Waals surface area contributed by atoms with E-state index in [0.717, 1.165) is 6.26 Å². The molecule has 5 rings (SSSR count). The maximum Gasteiger partial charge on any atom is 0.294 e. The van der Waals surface area contributed by atoms with Crippen molar-refractivity contribution in [1.29, 1.82) is 0 Å². The van der Waals surface area contributed by atoms with Gasteiger partial charge < -0.3 is 9.15 Å². The molecule has 0 aliphatic carbocycles. The van der Waals surface area contributed by atoms with Gasteiger partial charge in [0.05, 0.1) is 22.7 Å². The largest absolute Gasteiger partial charge is 0.481 e. The number of hydrogen-bond donors (Lipinski definition) is 0. The molecule has 0 saturated carbocycles. The molecule has 5 aromatic rings. The summed E-state index contributed by atoms with van der Waals surface area (Å²) in [6.07, 6.45) is 2.72. The maximum absolute atomic E-state index is 11.9. The molecular formula is C25H17ClN6O4S. The van der Waals surface area contributed by atoms with Crippen molar-refractivity contribution in [2.75, 3.05) is 13.4 Å². The molecule has 2 aromatic carbocycles. The SMILES string of the molecule is COc1cc(-c2nnc(C#Cc3nnc(-c4ccc(S(C)(=O)=O)cc4)n3-c3ccccc3Cl)o2)ccn1. The van der Waals surface area contributed by atoms with Crippen molar-refractivity contribution in [2.45, 2.75) is 4.90 Å². The van der Waals surface area contributed by atoms with Crippen molar-refractivity contribution in [1.82, 2.24) is 29.9 Å². The minimum Gasteiger partial charge on any atom is -0.481 e. The Morgan fingerprint density at radius 3 is 2.46 bits per heavy atom. The standard InChI is InChI=1S/C25H17ClN6O4S/c1-35-23-15-17(13-14-27-23)25-31-29-22(36-25)12-11-21-28-30-24(32(21)20-6-4-3-5-19(20)26)16-7-9-18(10-8-16)37(2,33)34/h3-10,13-15H,1-2H3. The Morgan fingerprint density at radius 2 is 1.73 bits per heavy atom. The number of methoxy groups -OCH3 is 1. The summed E-state index contributed by atoms with van der Waals surface area (Å²) >= 11 is 6.49. The van der Waals surface area contributed by atoms with Crippen LogP contribution >= 0.6 is 11.6 Å². The molecule has 0 aliphatic heterocycles. The number of ether oxygens (including phenoxy) is 1. The molecular weight excluding hydrogens is 516 g/mol. The summed E-state index contributed by atoms with van der Waals surface area (Å²) in [6.45, 7) is 0. The van der Waals surface area contributed by atoms with Gasteiger partial charge in [-0.3, -0.25) is 4.57 Å². The Morgan fingerprint density at radius 1 is 0.946 bits per heavy atom. The molecule has 0 fully saturated rings. The quantitative estimate of drug-likeness (QED) is 0.310. The molecule has 0 saturated heterocycles. The van der Waals surface area contributed by atoms with Crippen LogP contribution in [-0.2, 0) is 9.84 Å². The van der Waals surface area contributed by atoms with Gasteiger partial charge in [-0.1, -0.05) is 28.8 Å². The number of aromatic nitrogens is 6. The fourth-order valence-corrected chi connectivity index (χ4v) is 4.27. The summed E-state index contributed by atoms with van der Waals surface area (Å²) in [6, 6.07) is 16.9. The topological polar surface area (TPSA) is 126 Å². The average molecular weight is 533 g/mol. The van der Waals surface area contributed by atoms with Gasteiger partial charge in [0.2, 0.25) is 17.6 Å². The summed E-state index contributed by atoms with van der Waals surface area (Å²) < 4.78 is 36.2. The van der Waals surface area contributed by atoms with Crippen LogP contribution in [0.25, 0.3) is 28.5 Å². The summed E-state index contributed by atoms with van der Waals surface area (Å²) in [5.41, 5.74) is 1.85. The summed E-state index contributed by atoms with van der Waals surface area (Å²) in [4.78, 5) is 4.25. The molecule has 184 valence electrons. The van der Waals surface area contributed by atoms with E-state index >= 15 is 0 Å². The first-order valence-electron chi connectivity index (χ1n) is 10.7. The lowest BCUT2D eigenvalue weighted by molar-refractivity contribution is 0.398. The molecule has 0 spiro atoms. The van der Waals surface area contributed by atoms with Crippen LogP contribution in [0, 0.1) is 11.8 Å². The van der Waals surface area contributed by atoms with Crippen LogP contribution in [0.1, 0.15) is 11.7 Å². The molecule has 0 bridgehead atoms. The second-order valence-electron chi connectivity index (χ2n) is 7.68. The Hall–Kier alpha value is -4.53. The minimum atomic E-state index is -3.35. The van der Waals surface area contributed by atoms with Gasteiger partial charge in [-0.2, -0.15) is 0 Å². The van der Waals surface area contributed by atoms with Crippen molar-refractivity contribution >= 4 is 21.4 Å². The first kappa shape index (κ1) is 24.2. The smallest absolute Gasteiger partial charge is 0.294 e. The third kappa shape index (κ3) is 5.06. The van der Waals surface area contributed by atoms with Gasteiger partial charge in [-0.15, -0.1) is 15.3 Å². The van der Waals surface area contributed by atoms with E-state index in [2.05, 4.69) is 37.2 Å². The molecule has 0 unspecified atom stereocenters. The number of pyridine rings is 1. The number of nitrogens with zero attached hydrogens (tertiary/aromatic N) is 6. The Bertz CT molecular complexity index is 1770. The van der Waals surface area contributed by atoms with E-state index in [1.165, 1.54) is 19.2 Å². The van der Waals surface area contributed by atoms with Crippen molar-refractivity contribution in [2.24, 2.45) is 0 Å². The molecule has 10 nitrogen and oxygen atoms in total. The predicted octanol–water partition coefficient (Wildman–Crippen LogP) is 3.84. The lowest BCUT2D eigenvalue weighted by Gasteiger charge is -2.10. The Labute approximate surface area is 216 Å². The highest BCUT2D eigenvalue weighted by Crippen LogP contribution is 2.28. The van der Waals surface area contributed by atoms with E-state index in [0.29, 0.717) is 33.5 Å². The second-order valence-corrected chi connectivity index (χ2v) is 10.1. The van der Waals surface area contributed by atoms with E-state index in [1.54, 1.807) is 53.2 Å². The molecule has 3 aromatic heterocycles. The van der Waals surface area contributed by atoms with Gasteiger partial charge in [0.25, 0.3) is 5.89 Å². The van der Waals surface area contributed by atoms with E-state index < -0.39 is 9.84 Å². The van der Waals surface area contributed by atoms with Crippen molar-refractivity contribution in [3.63, 3.8) is 0 Å². The van der Waals surface area contributed by atoms with Gasteiger partial charge in [0.15, 0.2) is 15.7 Å². The molecule has 12 heteroatoms. The molecule has 0 atom stereocenters. The van der Waals surface area contributed by atoms with Crippen LogP contribution in [0.3, 0.4) is 0 Å². The lowest BCUT2D eigenvalue weighted by atomic mass is 10.2. The zero-order valence-corrected chi connectivity index (χ0v) is 21.0. The molecule has 3 heterocycles. The summed E-state index contributed by atoms with van der Waals surface area (Å²) in [5, 5.41) is 17.0. The van der Waals surface area contributed by atoms with E-state index in [1.807, 2.05) is 6.07 Å². The highest BCUT2D eigenvalue weighted by molar-refractivity contribution is 7.90. The van der Waals surface area contributed by atoms with Crippen LogP contribution in [0.2, 0.25) is 5.02 Å². The van der Waals surface area contributed by atoms with Crippen LogP contribution in [0.15, 0.2) is 76.2 Å². The number of rotatable bonds is 5. The normalized spacial score (nSPS) is 11.1. The van der Waals surface area contributed by atoms with Crippen molar-refractivity contribution < 1.29 is 17.6 Å². The lowest BCUT2D eigenvalue weighted by Crippen LogP contribution is -2.02. The zero-order valence-electron chi connectivity index (χ0n) is 19.5. The Kier molecular flexibility index (Phi) is 6.43. The molecule has 0 radical (unpaired) electrons. The van der Waals surface area contributed by atoms with Crippen molar-refractivity contribution in [3.8, 4) is 46.3 Å². The number of sulfone groups is 1. The Balaban J connectivity index is 1.56. The minimum absolute atomic E-state index is 0.0681. The van der Waals surface area contributed by atoms with Gasteiger partial charge in [-0.05, 0) is 48.4 Å². The van der Waals surface area contributed by atoms with Crippen molar-refractivity contribution in [3.05, 3.63) is 83.6 Å². The van der Waals surface area contributed by atoms with Gasteiger partial charge in [0.1, 0.15) is 0 Å². The average Bonchev–Trinajstić information content (AvgIpc) is 3.55. The molecule has 0 amide bonds. The van der Waals surface area contributed by atoms with Crippen LogP contribution in [0.4, 0.5) is 0 Å². The van der Waals surface area contributed by atoms with Crippen LogP contribution in [-0.4, -0.2) is 51.7 Å². The number of para-hydroxylation sites is 1. The number of hydrogen-bond acceptors (Lipinski definition) is 9. The van der Waals surface area contributed by atoms with E-state index in [-0.39, 0.29) is 22.5 Å². The van der Waals surface area contributed by atoms with E-state index in [9.17, 15) is 8.42 Å². The fraction of sp³-hybridized carbons (Fsp3) is 0.0800. The molecule has 0 N–H and O–H groups in total. The first-order valence-corrected chi connectivity index (χ1v) is 13.0. The van der Waals surface area contributed by atoms with Crippen LogP contribution < -0.4 is 4.74 Å². The van der Waals surface area contributed by atoms with Gasteiger partial charge in [-0.25, -0.2) is 13.4 Å². The number of benzene rings is 2. The number of halogens is 1. The highest BCUT2D eigenvalue weighted by Gasteiger charge is 2.18. The van der Waals surface area contributed by atoms with Gasteiger partial charge in [0, 0.05) is 35.6 Å². The summed E-state index contributed by atoms with van der Waals surface area (Å²) in [7, 11) is -1.83. The van der Waals surface area contributed by atoms with Crippen LogP contribution in [0.5, 0.6) is 5.88 Å². The zero-order chi connectivity index (χ0) is 26.0. The highest BCUT2D eigenvalue weighted by atomic mass is 35.5. The third-order valence-corrected chi connectivity index (χ3v) is 6.64. The third-order valence-electron chi connectivity index (χ3n) is 5.19. The van der Waals surface area contributed by atoms with Gasteiger partial charge >= 0.3 is 0 Å². The molecule has 0 aliphatic rings. The van der Waals surface area contributed by atoms with E-state index in [4.69, 9.17) is 20.8 Å². The fourth-order valence-electron chi connectivity index (χ4n) is 3.42.